The molecule has 0 aromatic rings. The number of rotatable bonds is 7. The highest BCUT2D eigenvalue weighted by Crippen LogP contribution is 2.11. The summed E-state index contributed by atoms with van der Waals surface area (Å²) in [4.78, 5) is 21.1. The van der Waals surface area contributed by atoms with Gasteiger partial charge in [-0.25, -0.2) is 0 Å². The second kappa shape index (κ2) is 6.40. The van der Waals surface area contributed by atoms with Crippen LogP contribution in [0.1, 0.15) is 32.6 Å². The van der Waals surface area contributed by atoms with Crippen molar-refractivity contribution in [1.29, 1.82) is 0 Å². The molecule has 1 N–H and O–H groups in total. The molecular weight excluding hydrogens is 168 g/mol. The van der Waals surface area contributed by atoms with Gasteiger partial charge in [-0.15, -0.1) is 6.58 Å². The Morgan fingerprint density at radius 2 is 2.15 bits per heavy atom. The van der Waals surface area contributed by atoms with E-state index in [0.717, 1.165) is 12.8 Å². The van der Waals surface area contributed by atoms with Gasteiger partial charge in [0.2, 0.25) is 0 Å². The zero-order chi connectivity index (χ0) is 10.3. The molecule has 0 aromatic heterocycles. The predicted molar refractivity (Wildman–Crippen MR) is 50.5 cm³/mol. The fourth-order valence-corrected chi connectivity index (χ4v) is 1.07. The lowest BCUT2D eigenvalue weighted by Crippen LogP contribution is -2.07. The van der Waals surface area contributed by atoms with Gasteiger partial charge in [-0.05, 0) is 18.8 Å². The van der Waals surface area contributed by atoms with Gasteiger partial charge in [0, 0.05) is 6.42 Å². The third kappa shape index (κ3) is 7.25. The fourth-order valence-electron chi connectivity index (χ4n) is 1.07. The summed E-state index contributed by atoms with van der Waals surface area (Å²) in [7, 11) is 0. The normalized spacial score (nSPS) is 12.1. The minimum absolute atomic E-state index is 0.191. The van der Waals surface area contributed by atoms with E-state index in [1.807, 2.05) is 13.0 Å². The first kappa shape index (κ1) is 11.9. The average molecular weight is 184 g/mol. The van der Waals surface area contributed by atoms with Gasteiger partial charge in [-0.1, -0.05) is 13.0 Å². The number of Topliss-reactive ketones (excluding diaryl/α,β-unsaturated/α-hetero) is 1. The molecule has 0 aliphatic rings. The molecule has 0 rings (SSSR count). The Morgan fingerprint density at radius 1 is 1.54 bits per heavy atom. The molecule has 1 atom stereocenters. The maximum Gasteiger partial charge on any atom is 0.310 e. The number of hydrogen-bond donors (Lipinski definition) is 1. The van der Waals surface area contributed by atoms with Crippen molar-refractivity contribution in [1.82, 2.24) is 0 Å². The van der Waals surface area contributed by atoms with Crippen molar-refractivity contribution in [2.24, 2.45) is 5.92 Å². The van der Waals surface area contributed by atoms with Gasteiger partial charge in [0.05, 0.1) is 0 Å². The number of carbonyl (C=O) groups is 2. The van der Waals surface area contributed by atoms with E-state index < -0.39 is 5.97 Å². The van der Waals surface area contributed by atoms with Crippen molar-refractivity contribution in [2.75, 3.05) is 0 Å². The first-order valence-corrected chi connectivity index (χ1v) is 4.40. The van der Waals surface area contributed by atoms with Crippen LogP contribution in [0.5, 0.6) is 0 Å². The number of hydrogen-bond acceptors (Lipinski definition) is 2. The molecule has 0 aromatic carbocycles. The molecule has 13 heavy (non-hydrogen) atoms. The predicted octanol–water partition coefficient (Wildman–Crippen LogP) is 2.02. The SMILES string of the molecule is C=CC[C@@H](C)CCC(=O)CC(=O)O. The van der Waals surface area contributed by atoms with Crippen molar-refractivity contribution >= 4 is 11.8 Å². The molecule has 74 valence electrons. The van der Waals surface area contributed by atoms with E-state index in [9.17, 15) is 9.59 Å². The van der Waals surface area contributed by atoms with Gasteiger partial charge >= 0.3 is 5.97 Å². The van der Waals surface area contributed by atoms with Gasteiger partial charge in [0.1, 0.15) is 12.2 Å². The number of allylic oxidation sites excluding steroid dienone is 1. The molecule has 0 heterocycles. The van der Waals surface area contributed by atoms with Crippen LogP contribution in [0.3, 0.4) is 0 Å². The Hall–Kier alpha value is -1.12. The third-order valence-electron chi connectivity index (χ3n) is 1.83. The molecule has 0 amide bonds. The number of ketones is 1. The topological polar surface area (TPSA) is 54.4 Å². The van der Waals surface area contributed by atoms with Crippen LogP contribution in [-0.4, -0.2) is 16.9 Å². The molecular formula is C10H16O3. The van der Waals surface area contributed by atoms with Crippen LogP contribution in [0.2, 0.25) is 0 Å². The van der Waals surface area contributed by atoms with Crippen molar-refractivity contribution in [2.45, 2.75) is 32.6 Å². The van der Waals surface area contributed by atoms with Gasteiger partial charge in [0.15, 0.2) is 0 Å². The summed E-state index contributed by atoms with van der Waals surface area (Å²) >= 11 is 0. The smallest absolute Gasteiger partial charge is 0.310 e. The molecule has 0 bridgehead atoms. The minimum atomic E-state index is -1.04. The van der Waals surface area contributed by atoms with Gasteiger partial charge < -0.3 is 5.11 Å². The van der Waals surface area contributed by atoms with Gasteiger partial charge in [-0.2, -0.15) is 0 Å². The van der Waals surface area contributed by atoms with E-state index in [0.29, 0.717) is 12.3 Å². The second-order valence-corrected chi connectivity index (χ2v) is 3.28. The second-order valence-electron chi connectivity index (χ2n) is 3.28. The average Bonchev–Trinajstić information content (AvgIpc) is 2.00. The lowest BCUT2D eigenvalue weighted by atomic mass is 9.99. The molecule has 3 nitrogen and oxygen atoms in total. The third-order valence-corrected chi connectivity index (χ3v) is 1.83. The zero-order valence-corrected chi connectivity index (χ0v) is 7.95. The Bertz CT molecular complexity index is 196. The quantitative estimate of drug-likeness (QED) is 0.486. The summed E-state index contributed by atoms with van der Waals surface area (Å²) in [5, 5.41) is 8.32. The molecule has 0 saturated carbocycles. The summed E-state index contributed by atoms with van der Waals surface area (Å²) in [6.07, 6.45) is 3.45. The maximum atomic E-state index is 11.0. The maximum absolute atomic E-state index is 11.0. The fraction of sp³-hybridized carbons (Fsp3) is 0.600. The van der Waals surface area contributed by atoms with Crippen LogP contribution < -0.4 is 0 Å². The van der Waals surface area contributed by atoms with Crippen molar-refractivity contribution in [3.05, 3.63) is 12.7 Å². The van der Waals surface area contributed by atoms with Crippen LogP contribution in [-0.2, 0) is 9.59 Å². The Morgan fingerprint density at radius 3 is 2.62 bits per heavy atom. The molecule has 0 radical (unpaired) electrons. The highest BCUT2D eigenvalue weighted by atomic mass is 16.4. The molecule has 0 aliphatic heterocycles. The summed E-state index contributed by atoms with van der Waals surface area (Å²) in [6, 6.07) is 0. The summed E-state index contributed by atoms with van der Waals surface area (Å²) < 4.78 is 0. The first-order chi connectivity index (χ1) is 6.06. The van der Waals surface area contributed by atoms with Gasteiger partial charge in [-0.3, -0.25) is 9.59 Å². The highest BCUT2D eigenvalue weighted by Gasteiger charge is 2.09. The van der Waals surface area contributed by atoms with Crippen LogP contribution in [0.15, 0.2) is 12.7 Å². The van der Waals surface area contributed by atoms with Crippen molar-refractivity contribution in [3.63, 3.8) is 0 Å². The molecule has 0 aliphatic carbocycles. The largest absolute Gasteiger partial charge is 0.481 e. The standard InChI is InChI=1S/C10H16O3/c1-3-4-8(2)5-6-9(11)7-10(12)13/h3,8H,1,4-7H2,2H3,(H,12,13)/t8-/m1/s1. The zero-order valence-electron chi connectivity index (χ0n) is 7.95. The molecule has 0 unspecified atom stereocenters. The van der Waals surface area contributed by atoms with E-state index in [1.165, 1.54) is 0 Å². The Balaban J connectivity index is 3.57. The molecule has 0 fully saturated rings. The van der Waals surface area contributed by atoms with Crippen molar-refractivity contribution < 1.29 is 14.7 Å². The summed E-state index contributed by atoms with van der Waals surface area (Å²) in [5.41, 5.74) is 0. The van der Waals surface area contributed by atoms with E-state index in [4.69, 9.17) is 5.11 Å². The minimum Gasteiger partial charge on any atom is -0.481 e. The van der Waals surface area contributed by atoms with E-state index in [2.05, 4.69) is 6.58 Å². The lowest BCUT2D eigenvalue weighted by molar-refractivity contribution is -0.140. The Kier molecular flexibility index (Phi) is 5.85. The first-order valence-electron chi connectivity index (χ1n) is 4.40. The van der Waals surface area contributed by atoms with Crippen LogP contribution in [0, 0.1) is 5.92 Å². The molecule has 0 saturated heterocycles. The number of carboxylic acids is 1. The number of aliphatic carboxylic acids is 1. The number of carbonyl (C=O) groups excluding carboxylic acids is 1. The summed E-state index contributed by atoms with van der Waals surface area (Å²) in [6.45, 7) is 5.62. The van der Waals surface area contributed by atoms with Crippen molar-refractivity contribution in [3.8, 4) is 0 Å². The van der Waals surface area contributed by atoms with Crippen LogP contribution in [0.4, 0.5) is 0 Å². The van der Waals surface area contributed by atoms with E-state index in [-0.39, 0.29) is 12.2 Å². The van der Waals surface area contributed by atoms with Gasteiger partial charge in [0.25, 0.3) is 0 Å². The van der Waals surface area contributed by atoms with Crippen LogP contribution >= 0.6 is 0 Å². The highest BCUT2D eigenvalue weighted by molar-refractivity contribution is 5.94. The molecule has 0 spiro atoms. The lowest BCUT2D eigenvalue weighted by Gasteiger charge is -2.06. The van der Waals surface area contributed by atoms with E-state index >= 15 is 0 Å². The van der Waals surface area contributed by atoms with E-state index in [1.54, 1.807) is 0 Å². The monoisotopic (exact) mass is 184 g/mol. The van der Waals surface area contributed by atoms with Crippen LogP contribution in [0.25, 0.3) is 0 Å². The molecule has 3 heteroatoms. The number of carboxylic acid groups (broad SMARTS) is 1. The summed E-state index contributed by atoms with van der Waals surface area (Å²) in [5.74, 6) is -0.819. The Labute approximate surface area is 78.5 Å².